The van der Waals surface area contributed by atoms with Gasteiger partial charge in [-0.3, -0.25) is 0 Å². The zero-order chi connectivity index (χ0) is 19.3. The van der Waals surface area contributed by atoms with E-state index in [1.165, 1.54) is 16.5 Å². The van der Waals surface area contributed by atoms with E-state index in [1.807, 2.05) is 0 Å². The number of hydrogen-bond acceptors (Lipinski definition) is 7. The Bertz CT molecular complexity index is 1040. The van der Waals surface area contributed by atoms with Crippen LogP contribution in [0.5, 0.6) is 0 Å². The van der Waals surface area contributed by atoms with Crippen molar-refractivity contribution in [2.75, 3.05) is 31.2 Å². The molecule has 2 aliphatic rings. The average Bonchev–Trinajstić information content (AvgIpc) is 3.07. The summed E-state index contributed by atoms with van der Waals surface area (Å²) in [4.78, 5) is 17.8. The molecule has 0 spiro atoms. The van der Waals surface area contributed by atoms with Gasteiger partial charge < -0.3 is 14.4 Å². The quantitative estimate of drug-likeness (QED) is 0.667. The Kier molecular flexibility index (Phi) is 4.49. The number of morpholine rings is 1. The fourth-order valence-corrected chi connectivity index (χ4v) is 5.54. The molecule has 0 amide bonds. The Hall–Kier alpha value is -1.83. The topological polar surface area (TPSA) is 60.4 Å². The molecular formula is C21H26N4O2S. The largest absolute Gasteiger partial charge is 0.378 e. The highest BCUT2D eigenvalue weighted by Crippen LogP contribution is 2.42. The summed E-state index contributed by atoms with van der Waals surface area (Å²) in [5.74, 6) is 1.02. The van der Waals surface area contributed by atoms with E-state index in [2.05, 4.69) is 30.7 Å². The predicted molar refractivity (Wildman–Crippen MR) is 112 cm³/mol. The zero-order valence-corrected chi connectivity index (χ0v) is 17.6. The lowest BCUT2D eigenvalue weighted by Gasteiger charge is -2.32. The van der Waals surface area contributed by atoms with Crippen LogP contribution < -0.4 is 4.90 Å². The van der Waals surface area contributed by atoms with Crippen molar-refractivity contribution in [2.24, 2.45) is 0 Å². The van der Waals surface area contributed by atoms with Crippen LogP contribution in [-0.4, -0.2) is 46.9 Å². The van der Waals surface area contributed by atoms with Gasteiger partial charge >= 0.3 is 0 Å². The van der Waals surface area contributed by atoms with E-state index in [0.717, 1.165) is 72.1 Å². The second-order valence-corrected chi connectivity index (χ2v) is 9.25. The van der Waals surface area contributed by atoms with Gasteiger partial charge in [0.05, 0.1) is 41.3 Å². The van der Waals surface area contributed by atoms with Gasteiger partial charge in [-0.2, -0.15) is 0 Å². The van der Waals surface area contributed by atoms with Crippen molar-refractivity contribution in [3.05, 3.63) is 23.1 Å². The molecule has 1 fully saturated rings. The number of aryl methyl sites for hydroxylation is 1. The highest BCUT2D eigenvalue weighted by Gasteiger charge is 2.31. The normalized spacial score (nSPS) is 19.3. The molecule has 7 heteroatoms. The summed E-state index contributed by atoms with van der Waals surface area (Å²) in [6.07, 6.45) is 4.76. The number of aromatic nitrogens is 3. The molecular weight excluding hydrogens is 372 g/mol. The molecule has 0 N–H and O–H groups in total. The number of rotatable bonds is 3. The summed E-state index contributed by atoms with van der Waals surface area (Å²) in [7, 11) is 0. The lowest BCUT2D eigenvalue weighted by atomic mass is 9.88. The summed E-state index contributed by atoms with van der Waals surface area (Å²) in [5, 5.41) is 1.23. The average molecular weight is 399 g/mol. The number of hydrogen-bond donors (Lipinski definition) is 0. The van der Waals surface area contributed by atoms with Crippen LogP contribution in [0.1, 0.15) is 44.0 Å². The summed E-state index contributed by atoms with van der Waals surface area (Å²) >= 11 is 1.72. The van der Waals surface area contributed by atoms with E-state index in [9.17, 15) is 0 Å². The van der Waals surface area contributed by atoms with Gasteiger partial charge in [-0.25, -0.2) is 15.0 Å². The Labute approximate surface area is 168 Å². The molecule has 5 rings (SSSR count). The van der Waals surface area contributed by atoms with E-state index in [-0.39, 0.29) is 5.60 Å². The van der Waals surface area contributed by atoms with Crippen LogP contribution in [-0.2, 0) is 28.9 Å². The van der Waals surface area contributed by atoms with Crippen LogP contribution >= 0.6 is 11.3 Å². The standard InChI is InChI=1S/C21H26N4O2S/c1-4-5-13-14-10-21(2,3)27-11-15(14)24-20-16(13)17-18(28-20)19(23-12-22-17)25-6-8-26-9-7-25/h12H,4-11H2,1-3H3. The summed E-state index contributed by atoms with van der Waals surface area (Å²) < 4.78 is 12.7. The summed E-state index contributed by atoms with van der Waals surface area (Å²) in [5.41, 5.74) is 4.79. The smallest absolute Gasteiger partial charge is 0.150 e. The van der Waals surface area contributed by atoms with Crippen molar-refractivity contribution >= 4 is 37.6 Å². The van der Waals surface area contributed by atoms with Gasteiger partial charge in [0.15, 0.2) is 0 Å². The number of ether oxygens (including phenoxy) is 2. The molecule has 2 aliphatic heterocycles. The molecule has 0 atom stereocenters. The van der Waals surface area contributed by atoms with Crippen molar-refractivity contribution in [1.29, 1.82) is 0 Å². The van der Waals surface area contributed by atoms with E-state index in [0.29, 0.717) is 6.61 Å². The van der Waals surface area contributed by atoms with Crippen LogP contribution in [0.2, 0.25) is 0 Å². The molecule has 148 valence electrons. The van der Waals surface area contributed by atoms with Crippen LogP contribution in [0.15, 0.2) is 6.33 Å². The van der Waals surface area contributed by atoms with Gasteiger partial charge in [0.1, 0.15) is 17.0 Å². The second kappa shape index (κ2) is 6.90. The Morgan fingerprint density at radius 1 is 1.21 bits per heavy atom. The molecule has 0 bridgehead atoms. The zero-order valence-electron chi connectivity index (χ0n) is 16.7. The molecule has 28 heavy (non-hydrogen) atoms. The van der Waals surface area contributed by atoms with E-state index in [4.69, 9.17) is 19.4 Å². The van der Waals surface area contributed by atoms with Crippen molar-refractivity contribution in [3.63, 3.8) is 0 Å². The van der Waals surface area contributed by atoms with Gasteiger partial charge in [-0.1, -0.05) is 13.3 Å². The lowest BCUT2D eigenvalue weighted by molar-refractivity contribution is -0.0420. The van der Waals surface area contributed by atoms with Crippen LogP contribution in [0, 0.1) is 0 Å². The molecule has 0 unspecified atom stereocenters. The first-order valence-electron chi connectivity index (χ1n) is 10.1. The maximum absolute atomic E-state index is 6.06. The monoisotopic (exact) mass is 398 g/mol. The van der Waals surface area contributed by atoms with E-state index < -0.39 is 0 Å². The fourth-order valence-electron chi connectivity index (χ4n) is 4.35. The highest BCUT2D eigenvalue weighted by molar-refractivity contribution is 7.26. The first kappa shape index (κ1) is 18.2. The third-order valence-corrected chi connectivity index (χ3v) is 6.77. The summed E-state index contributed by atoms with van der Waals surface area (Å²) in [6.45, 7) is 10.4. The number of nitrogens with zero attached hydrogens (tertiary/aromatic N) is 4. The first-order valence-corrected chi connectivity index (χ1v) is 10.9. The second-order valence-electron chi connectivity index (χ2n) is 8.25. The van der Waals surface area contributed by atoms with Gasteiger partial charge in [-0.05, 0) is 31.4 Å². The molecule has 0 saturated carbocycles. The van der Waals surface area contributed by atoms with Crippen molar-refractivity contribution in [3.8, 4) is 0 Å². The molecule has 3 aromatic rings. The number of anilines is 1. The Morgan fingerprint density at radius 3 is 2.82 bits per heavy atom. The molecule has 3 aromatic heterocycles. The minimum atomic E-state index is -0.148. The molecule has 6 nitrogen and oxygen atoms in total. The summed E-state index contributed by atoms with van der Waals surface area (Å²) in [6, 6.07) is 0. The minimum Gasteiger partial charge on any atom is -0.378 e. The number of fused-ring (bicyclic) bond motifs is 4. The van der Waals surface area contributed by atoms with Gasteiger partial charge in [0.2, 0.25) is 0 Å². The number of pyridine rings is 1. The molecule has 1 saturated heterocycles. The lowest BCUT2D eigenvalue weighted by Crippen LogP contribution is -2.36. The first-order chi connectivity index (χ1) is 13.6. The van der Waals surface area contributed by atoms with Crippen molar-refractivity contribution in [2.45, 2.75) is 52.2 Å². The minimum absolute atomic E-state index is 0.148. The third kappa shape index (κ3) is 2.96. The number of thiophene rings is 1. The highest BCUT2D eigenvalue weighted by atomic mass is 32.1. The van der Waals surface area contributed by atoms with Gasteiger partial charge in [0, 0.05) is 24.9 Å². The third-order valence-electron chi connectivity index (χ3n) is 5.70. The van der Waals surface area contributed by atoms with E-state index in [1.54, 1.807) is 17.7 Å². The predicted octanol–water partition coefficient (Wildman–Crippen LogP) is 3.88. The van der Waals surface area contributed by atoms with Crippen molar-refractivity contribution in [1.82, 2.24) is 15.0 Å². The van der Waals surface area contributed by atoms with E-state index >= 15 is 0 Å². The molecule has 5 heterocycles. The SMILES string of the molecule is CCCc1c2c(nc3sc4c(N5CCOCC5)ncnc4c13)COC(C)(C)C2. The van der Waals surface area contributed by atoms with Gasteiger partial charge in [0.25, 0.3) is 0 Å². The maximum Gasteiger partial charge on any atom is 0.150 e. The molecule has 0 aliphatic carbocycles. The van der Waals surface area contributed by atoms with Crippen LogP contribution in [0.4, 0.5) is 5.82 Å². The molecule has 0 aromatic carbocycles. The molecule has 0 radical (unpaired) electrons. The maximum atomic E-state index is 6.06. The van der Waals surface area contributed by atoms with Crippen LogP contribution in [0.3, 0.4) is 0 Å². The fraction of sp³-hybridized carbons (Fsp3) is 0.571. The van der Waals surface area contributed by atoms with Gasteiger partial charge in [-0.15, -0.1) is 11.3 Å². The Morgan fingerprint density at radius 2 is 2.04 bits per heavy atom. The Balaban J connectivity index is 1.76. The van der Waals surface area contributed by atoms with Crippen molar-refractivity contribution < 1.29 is 9.47 Å². The van der Waals surface area contributed by atoms with Crippen LogP contribution in [0.25, 0.3) is 20.4 Å².